The van der Waals surface area contributed by atoms with Crippen LogP contribution in [0, 0.1) is 5.82 Å². The van der Waals surface area contributed by atoms with E-state index in [-0.39, 0.29) is 32.7 Å². The molecule has 0 spiro atoms. The van der Waals surface area contributed by atoms with Crippen LogP contribution in [0.3, 0.4) is 0 Å². The van der Waals surface area contributed by atoms with Crippen molar-refractivity contribution < 1.29 is 22.4 Å². The molecule has 7 nitrogen and oxygen atoms in total. The number of nitrogens with zero attached hydrogens (tertiary/aromatic N) is 2. The number of carbonyl (C=O) groups excluding carboxylic acids is 2. The summed E-state index contributed by atoms with van der Waals surface area (Å²) >= 11 is 12.3. The van der Waals surface area contributed by atoms with Gasteiger partial charge in [0, 0.05) is 28.7 Å². The molecule has 0 radical (unpaired) electrons. The second-order valence-corrected chi connectivity index (χ2v) is 11.6. The largest absolute Gasteiger partial charge is 0.354 e. The zero-order valence-corrected chi connectivity index (χ0v) is 23.9. The number of rotatable bonds is 12. The molecular weight excluding hydrogens is 564 g/mol. The molecule has 3 aromatic carbocycles. The fourth-order valence-electron chi connectivity index (χ4n) is 3.86. The van der Waals surface area contributed by atoms with Crippen molar-refractivity contribution >= 4 is 50.7 Å². The predicted molar refractivity (Wildman–Crippen MR) is 152 cm³/mol. The molecule has 11 heteroatoms. The van der Waals surface area contributed by atoms with Crippen LogP contribution >= 0.6 is 23.2 Å². The molecule has 0 saturated heterocycles. The summed E-state index contributed by atoms with van der Waals surface area (Å²) in [6.07, 6.45) is 1.61. The highest BCUT2D eigenvalue weighted by Gasteiger charge is 2.33. The van der Waals surface area contributed by atoms with E-state index < -0.39 is 40.2 Å². The van der Waals surface area contributed by atoms with Crippen LogP contribution in [0.15, 0.2) is 77.7 Å². The number of benzene rings is 3. The lowest BCUT2D eigenvalue weighted by molar-refractivity contribution is -0.139. The molecule has 208 valence electrons. The Labute approximate surface area is 238 Å². The number of nitrogens with one attached hydrogen (secondary N) is 1. The van der Waals surface area contributed by atoms with Crippen LogP contribution in [0.25, 0.3) is 0 Å². The summed E-state index contributed by atoms with van der Waals surface area (Å²) in [6.45, 7) is 2.98. The lowest BCUT2D eigenvalue weighted by Crippen LogP contribution is -2.51. The Morgan fingerprint density at radius 1 is 0.974 bits per heavy atom. The van der Waals surface area contributed by atoms with E-state index in [2.05, 4.69) is 5.32 Å². The maximum absolute atomic E-state index is 14.6. The van der Waals surface area contributed by atoms with Crippen molar-refractivity contribution in [1.82, 2.24) is 10.2 Å². The van der Waals surface area contributed by atoms with Crippen molar-refractivity contribution in [2.24, 2.45) is 0 Å². The SMILES string of the molecule is CCCCNC(=O)C(C)N(Cc1ccccc1F)C(=O)CN(c1cc(Cl)cc(Cl)c1)S(=O)(=O)c1ccccc1. The highest BCUT2D eigenvalue weighted by atomic mass is 35.5. The van der Waals surface area contributed by atoms with Crippen LogP contribution in [0.2, 0.25) is 10.0 Å². The molecule has 0 aliphatic heterocycles. The van der Waals surface area contributed by atoms with Crippen molar-refractivity contribution in [3.05, 3.63) is 94.2 Å². The quantitative estimate of drug-likeness (QED) is 0.274. The van der Waals surface area contributed by atoms with Gasteiger partial charge in [-0.2, -0.15) is 0 Å². The van der Waals surface area contributed by atoms with Gasteiger partial charge in [-0.05, 0) is 49.7 Å². The molecule has 0 saturated carbocycles. The Kier molecular flexibility index (Phi) is 10.7. The van der Waals surface area contributed by atoms with Crippen molar-refractivity contribution in [2.45, 2.75) is 44.2 Å². The molecule has 1 atom stereocenters. The van der Waals surface area contributed by atoms with Gasteiger partial charge in [0.05, 0.1) is 10.6 Å². The molecule has 1 N–H and O–H groups in total. The minimum absolute atomic E-state index is 0.0556. The van der Waals surface area contributed by atoms with E-state index in [1.807, 2.05) is 6.92 Å². The molecule has 3 rings (SSSR count). The number of hydrogen-bond donors (Lipinski definition) is 1. The number of amides is 2. The van der Waals surface area contributed by atoms with Gasteiger partial charge in [0.2, 0.25) is 11.8 Å². The maximum Gasteiger partial charge on any atom is 0.264 e. The van der Waals surface area contributed by atoms with E-state index in [1.165, 1.54) is 60.4 Å². The van der Waals surface area contributed by atoms with Gasteiger partial charge < -0.3 is 10.2 Å². The number of sulfonamides is 1. The molecule has 3 aromatic rings. The number of carbonyl (C=O) groups is 2. The molecule has 0 fully saturated rings. The normalized spacial score (nSPS) is 12.0. The molecule has 0 aromatic heterocycles. The van der Waals surface area contributed by atoms with Gasteiger partial charge in [0.1, 0.15) is 18.4 Å². The maximum atomic E-state index is 14.6. The smallest absolute Gasteiger partial charge is 0.264 e. The van der Waals surface area contributed by atoms with Crippen LogP contribution in [0.1, 0.15) is 32.3 Å². The predicted octanol–water partition coefficient (Wildman–Crippen LogP) is 5.66. The van der Waals surface area contributed by atoms with Crippen molar-refractivity contribution in [1.29, 1.82) is 0 Å². The fraction of sp³-hybridized carbons (Fsp3) is 0.286. The van der Waals surface area contributed by atoms with E-state index in [9.17, 15) is 22.4 Å². The van der Waals surface area contributed by atoms with Crippen LogP contribution in [-0.2, 0) is 26.2 Å². The van der Waals surface area contributed by atoms with Crippen LogP contribution in [0.4, 0.5) is 10.1 Å². The van der Waals surface area contributed by atoms with Crippen LogP contribution in [-0.4, -0.2) is 44.3 Å². The monoisotopic (exact) mass is 593 g/mol. The van der Waals surface area contributed by atoms with Crippen LogP contribution < -0.4 is 9.62 Å². The highest BCUT2D eigenvalue weighted by Crippen LogP contribution is 2.30. The summed E-state index contributed by atoms with van der Waals surface area (Å²) in [5, 5.41) is 3.12. The molecular formula is C28H30Cl2FN3O4S. The zero-order valence-electron chi connectivity index (χ0n) is 21.6. The Morgan fingerprint density at radius 2 is 1.59 bits per heavy atom. The highest BCUT2D eigenvalue weighted by molar-refractivity contribution is 7.92. The molecule has 0 aliphatic carbocycles. The lowest BCUT2D eigenvalue weighted by Gasteiger charge is -2.32. The van der Waals surface area contributed by atoms with Gasteiger partial charge in [0.25, 0.3) is 10.0 Å². The van der Waals surface area contributed by atoms with E-state index in [4.69, 9.17) is 23.2 Å². The molecule has 0 aliphatic rings. The molecule has 1 unspecified atom stereocenters. The van der Waals surface area contributed by atoms with Crippen molar-refractivity contribution in [3.63, 3.8) is 0 Å². The van der Waals surface area contributed by atoms with Gasteiger partial charge in [-0.15, -0.1) is 0 Å². The Balaban J connectivity index is 2.03. The Hall–Kier alpha value is -3.14. The van der Waals surface area contributed by atoms with Gasteiger partial charge in [-0.3, -0.25) is 13.9 Å². The second-order valence-electron chi connectivity index (χ2n) is 8.89. The third kappa shape index (κ3) is 7.94. The summed E-state index contributed by atoms with van der Waals surface area (Å²) in [7, 11) is -4.27. The van der Waals surface area contributed by atoms with Crippen molar-refractivity contribution in [2.75, 3.05) is 17.4 Å². The first kappa shape index (κ1) is 30.4. The zero-order chi connectivity index (χ0) is 28.6. The average Bonchev–Trinajstić information content (AvgIpc) is 2.90. The third-order valence-corrected chi connectivity index (χ3v) is 8.27. The van der Waals surface area contributed by atoms with Crippen molar-refractivity contribution in [3.8, 4) is 0 Å². The Bertz CT molecular complexity index is 1390. The van der Waals surface area contributed by atoms with Crippen LogP contribution in [0.5, 0.6) is 0 Å². The lowest BCUT2D eigenvalue weighted by atomic mass is 10.1. The number of hydrogen-bond acceptors (Lipinski definition) is 4. The van der Waals surface area contributed by atoms with E-state index in [0.717, 1.165) is 17.1 Å². The summed E-state index contributed by atoms with van der Waals surface area (Å²) in [6, 6.07) is 16.7. The third-order valence-electron chi connectivity index (χ3n) is 6.04. The first-order chi connectivity index (χ1) is 18.5. The van der Waals surface area contributed by atoms with Gasteiger partial charge in [-0.1, -0.05) is 72.9 Å². The fourth-order valence-corrected chi connectivity index (χ4v) is 5.79. The molecule has 0 bridgehead atoms. The molecule has 0 heterocycles. The number of halogens is 3. The summed E-state index contributed by atoms with van der Waals surface area (Å²) in [4.78, 5) is 27.9. The summed E-state index contributed by atoms with van der Waals surface area (Å²) < 4.78 is 42.9. The number of unbranched alkanes of at least 4 members (excludes halogenated alkanes) is 1. The first-order valence-electron chi connectivity index (χ1n) is 12.4. The van der Waals surface area contributed by atoms with E-state index >= 15 is 0 Å². The topological polar surface area (TPSA) is 86.8 Å². The van der Waals surface area contributed by atoms with E-state index in [1.54, 1.807) is 24.3 Å². The molecule has 39 heavy (non-hydrogen) atoms. The van der Waals surface area contributed by atoms with Gasteiger partial charge in [0.15, 0.2) is 0 Å². The number of anilines is 1. The first-order valence-corrected chi connectivity index (χ1v) is 14.6. The summed E-state index contributed by atoms with van der Waals surface area (Å²) in [5.41, 5.74) is 0.248. The minimum atomic E-state index is -4.27. The standard InChI is InChI=1S/C28H30Cl2FN3O4S/c1-3-4-14-32-28(36)20(2)33(18-21-10-8-9-13-26(21)31)27(35)19-34(24-16-22(29)15-23(30)17-24)39(37,38)25-11-6-5-7-12-25/h5-13,15-17,20H,3-4,14,18-19H2,1-2H3,(H,32,36). The Morgan fingerprint density at radius 3 is 2.21 bits per heavy atom. The van der Waals surface area contributed by atoms with E-state index in [0.29, 0.717) is 6.54 Å². The average molecular weight is 595 g/mol. The second kappa shape index (κ2) is 13.8. The summed E-state index contributed by atoms with van der Waals surface area (Å²) in [5.74, 6) is -1.70. The van der Waals surface area contributed by atoms with Gasteiger partial charge in [-0.25, -0.2) is 12.8 Å². The van der Waals surface area contributed by atoms with Gasteiger partial charge >= 0.3 is 0 Å². The molecule has 2 amide bonds. The minimum Gasteiger partial charge on any atom is -0.354 e.